The molecule has 0 amide bonds. The number of aromatic nitrogens is 1. The second-order valence-electron chi connectivity index (χ2n) is 5.27. The fourth-order valence-corrected chi connectivity index (χ4v) is 2.97. The van der Waals surface area contributed by atoms with Crippen LogP contribution >= 0.6 is 12.4 Å². The minimum Gasteiger partial charge on any atom is -0.341 e. The van der Waals surface area contributed by atoms with E-state index in [9.17, 15) is 8.78 Å². The van der Waals surface area contributed by atoms with Crippen LogP contribution in [0.5, 0.6) is 0 Å². The number of benzene rings is 2. The summed E-state index contributed by atoms with van der Waals surface area (Å²) >= 11 is 0. The SMILES string of the molecule is CCn1c2ccccc2c2cc([C@@H](N)CC(F)F)ccc21.Cl. The molecule has 0 bridgehead atoms. The molecule has 3 aromatic rings. The van der Waals surface area contributed by atoms with Crippen LogP contribution in [0.2, 0.25) is 0 Å². The third-order valence-electron chi connectivity index (χ3n) is 3.97. The van der Waals surface area contributed by atoms with Gasteiger partial charge in [-0.15, -0.1) is 12.4 Å². The van der Waals surface area contributed by atoms with Crippen molar-refractivity contribution in [3.8, 4) is 0 Å². The number of halogens is 3. The lowest BCUT2D eigenvalue weighted by Gasteiger charge is -2.12. The van der Waals surface area contributed by atoms with E-state index in [1.807, 2.05) is 30.3 Å². The Morgan fingerprint density at radius 2 is 1.73 bits per heavy atom. The Morgan fingerprint density at radius 1 is 1.05 bits per heavy atom. The maximum absolute atomic E-state index is 12.5. The van der Waals surface area contributed by atoms with Gasteiger partial charge in [0.25, 0.3) is 0 Å². The Morgan fingerprint density at radius 3 is 2.41 bits per heavy atom. The van der Waals surface area contributed by atoms with Gasteiger partial charge in [-0.3, -0.25) is 0 Å². The predicted molar refractivity (Wildman–Crippen MR) is 89.9 cm³/mol. The number of para-hydroxylation sites is 1. The first-order valence-electron chi connectivity index (χ1n) is 7.16. The summed E-state index contributed by atoms with van der Waals surface area (Å²) in [7, 11) is 0. The van der Waals surface area contributed by atoms with Gasteiger partial charge < -0.3 is 10.3 Å². The molecule has 0 radical (unpaired) electrons. The number of hydrogen-bond donors (Lipinski definition) is 1. The first-order valence-corrected chi connectivity index (χ1v) is 7.16. The minimum absolute atomic E-state index is 0. The van der Waals surface area contributed by atoms with E-state index in [4.69, 9.17) is 5.73 Å². The van der Waals surface area contributed by atoms with E-state index in [2.05, 4.69) is 23.6 Å². The van der Waals surface area contributed by atoms with E-state index in [0.717, 1.165) is 33.9 Å². The number of nitrogens with zero attached hydrogens (tertiary/aromatic N) is 1. The molecule has 0 fully saturated rings. The molecule has 3 rings (SSSR count). The zero-order valence-corrected chi connectivity index (χ0v) is 13.1. The second-order valence-corrected chi connectivity index (χ2v) is 5.27. The van der Waals surface area contributed by atoms with Crippen LogP contribution < -0.4 is 5.73 Å². The third kappa shape index (κ3) is 2.81. The first-order chi connectivity index (χ1) is 10.1. The van der Waals surface area contributed by atoms with Crippen molar-refractivity contribution in [2.24, 2.45) is 5.73 Å². The van der Waals surface area contributed by atoms with Crippen molar-refractivity contribution in [2.75, 3.05) is 0 Å². The van der Waals surface area contributed by atoms with Crippen LogP contribution in [0.3, 0.4) is 0 Å². The van der Waals surface area contributed by atoms with Gasteiger partial charge in [-0.05, 0) is 30.7 Å². The van der Waals surface area contributed by atoms with Gasteiger partial charge in [0.05, 0.1) is 0 Å². The fourth-order valence-electron chi connectivity index (χ4n) is 2.97. The molecule has 118 valence electrons. The molecule has 2 nitrogen and oxygen atoms in total. The molecule has 22 heavy (non-hydrogen) atoms. The Kier molecular flexibility index (Phi) is 5.04. The van der Waals surface area contributed by atoms with Crippen LogP contribution in [0.25, 0.3) is 21.8 Å². The number of nitrogens with two attached hydrogens (primary N) is 1. The highest BCUT2D eigenvalue weighted by Gasteiger charge is 2.15. The molecule has 0 aliphatic heterocycles. The number of fused-ring (bicyclic) bond motifs is 3. The summed E-state index contributed by atoms with van der Waals surface area (Å²) in [6.07, 6.45) is -2.69. The van der Waals surface area contributed by atoms with Crippen molar-refractivity contribution in [3.05, 3.63) is 48.0 Å². The largest absolute Gasteiger partial charge is 0.341 e. The highest BCUT2D eigenvalue weighted by molar-refractivity contribution is 6.08. The Hall–Kier alpha value is -1.65. The zero-order valence-electron chi connectivity index (χ0n) is 12.3. The molecule has 5 heteroatoms. The summed E-state index contributed by atoms with van der Waals surface area (Å²) in [5.74, 6) is 0. The monoisotopic (exact) mass is 324 g/mol. The van der Waals surface area contributed by atoms with Gasteiger partial charge in [-0.25, -0.2) is 8.78 Å². The van der Waals surface area contributed by atoms with Crippen LogP contribution in [0.15, 0.2) is 42.5 Å². The normalized spacial score (nSPS) is 12.8. The van der Waals surface area contributed by atoms with E-state index in [-0.39, 0.29) is 18.8 Å². The summed E-state index contributed by atoms with van der Waals surface area (Å²) < 4.78 is 27.3. The van der Waals surface area contributed by atoms with E-state index < -0.39 is 12.5 Å². The zero-order chi connectivity index (χ0) is 15.0. The maximum atomic E-state index is 12.5. The van der Waals surface area contributed by atoms with Gasteiger partial charge >= 0.3 is 0 Å². The number of aryl methyl sites for hydroxylation is 1. The highest BCUT2D eigenvalue weighted by Crippen LogP contribution is 2.31. The molecule has 1 aromatic heterocycles. The molecule has 0 saturated heterocycles. The van der Waals surface area contributed by atoms with Crippen LogP contribution in [0, 0.1) is 0 Å². The molecular formula is C17H19ClF2N2. The van der Waals surface area contributed by atoms with Crippen LogP contribution in [-0.2, 0) is 6.54 Å². The van der Waals surface area contributed by atoms with Crippen molar-refractivity contribution in [1.29, 1.82) is 0 Å². The van der Waals surface area contributed by atoms with Crippen LogP contribution in [-0.4, -0.2) is 11.0 Å². The topological polar surface area (TPSA) is 30.9 Å². The lowest BCUT2D eigenvalue weighted by atomic mass is 10.0. The highest BCUT2D eigenvalue weighted by atomic mass is 35.5. The van der Waals surface area contributed by atoms with Crippen LogP contribution in [0.1, 0.15) is 24.9 Å². The Labute approximate surface area is 134 Å². The lowest BCUT2D eigenvalue weighted by molar-refractivity contribution is 0.128. The molecule has 1 heterocycles. The van der Waals surface area contributed by atoms with Crippen molar-refractivity contribution in [1.82, 2.24) is 4.57 Å². The van der Waals surface area contributed by atoms with Crippen molar-refractivity contribution in [3.63, 3.8) is 0 Å². The summed E-state index contributed by atoms with van der Waals surface area (Å²) in [6.45, 7) is 2.97. The van der Waals surface area contributed by atoms with Gasteiger partial charge in [0.1, 0.15) is 0 Å². The second kappa shape index (κ2) is 6.63. The predicted octanol–water partition coefficient (Wildman–Crippen LogP) is 4.89. The van der Waals surface area contributed by atoms with E-state index in [1.54, 1.807) is 0 Å². The number of hydrogen-bond acceptors (Lipinski definition) is 1. The molecule has 0 unspecified atom stereocenters. The quantitative estimate of drug-likeness (QED) is 0.727. The number of alkyl halides is 2. The summed E-state index contributed by atoms with van der Waals surface area (Å²) in [6, 6.07) is 13.3. The van der Waals surface area contributed by atoms with Crippen LogP contribution in [0.4, 0.5) is 8.78 Å². The molecule has 0 aliphatic rings. The Bertz CT molecular complexity index is 783. The standard InChI is InChI=1S/C17H18F2N2.ClH/c1-2-21-15-6-4-3-5-12(15)13-9-11(7-8-16(13)21)14(20)10-17(18)19;/h3-9,14,17H,2,10,20H2,1H3;1H/t14-;/m0./s1. The van der Waals surface area contributed by atoms with Crippen molar-refractivity contribution in [2.45, 2.75) is 32.4 Å². The van der Waals surface area contributed by atoms with Crippen molar-refractivity contribution >= 4 is 34.2 Å². The summed E-state index contributed by atoms with van der Waals surface area (Å²) in [4.78, 5) is 0. The molecule has 0 saturated carbocycles. The molecule has 0 spiro atoms. The average molecular weight is 325 g/mol. The molecular weight excluding hydrogens is 306 g/mol. The fraction of sp³-hybridized carbons (Fsp3) is 0.294. The van der Waals surface area contributed by atoms with Gasteiger partial charge in [0.2, 0.25) is 6.43 Å². The van der Waals surface area contributed by atoms with Crippen molar-refractivity contribution < 1.29 is 8.78 Å². The van der Waals surface area contributed by atoms with Gasteiger partial charge in [0.15, 0.2) is 0 Å². The molecule has 1 atom stereocenters. The summed E-state index contributed by atoms with van der Waals surface area (Å²) in [5.41, 5.74) is 8.93. The molecule has 0 aliphatic carbocycles. The van der Waals surface area contributed by atoms with E-state index in [1.165, 1.54) is 0 Å². The van der Waals surface area contributed by atoms with Gasteiger partial charge in [-0.1, -0.05) is 24.3 Å². The average Bonchev–Trinajstić information content (AvgIpc) is 2.79. The van der Waals surface area contributed by atoms with E-state index in [0.29, 0.717) is 0 Å². The molecule has 2 N–H and O–H groups in total. The van der Waals surface area contributed by atoms with E-state index >= 15 is 0 Å². The minimum atomic E-state index is -2.38. The third-order valence-corrected chi connectivity index (χ3v) is 3.97. The first kappa shape index (κ1) is 16.7. The van der Waals surface area contributed by atoms with Gasteiger partial charge in [-0.2, -0.15) is 0 Å². The maximum Gasteiger partial charge on any atom is 0.240 e. The Balaban J connectivity index is 0.00000176. The smallest absolute Gasteiger partial charge is 0.240 e. The van der Waals surface area contributed by atoms with Gasteiger partial charge in [0, 0.05) is 40.8 Å². The number of rotatable bonds is 4. The summed E-state index contributed by atoms with van der Waals surface area (Å²) in [5, 5.41) is 2.22. The lowest BCUT2D eigenvalue weighted by Crippen LogP contribution is -2.13. The molecule has 2 aromatic carbocycles.